The number of benzene rings is 2. The number of nitrogens with zero attached hydrogens (tertiary/aromatic N) is 1. The topological polar surface area (TPSA) is 88.4 Å². The molecule has 0 radical (unpaired) electrons. The van der Waals surface area contributed by atoms with E-state index in [0.29, 0.717) is 11.5 Å². The van der Waals surface area contributed by atoms with E-state index in [9.17, 15) is 8.42 Å². The second kappa shape index (κ2) is 6.37. The number of hydrogen-bond donors (Lipinski definition) is 1. The van der Waals surface area contributed by atoms with Crippen LogP contribution in [0.2, 0.25) is 0 Å². The third kappa shape index (κ3) is 3.30. The molecule has 0 spiro atoms. The van der Waals surface area contributed by atoms with E-state index in [1.807, 2.05) is 6.07 Å². The fourth-order valence-electron chi connectivity index (χ4n) is 1.83. The molecule has 22 heavy (non-hydrogen) atoms. The van der Waals surface area contributed by atoms with E-state index in [0.717, 1.165) is 0 Å². The zero-order valence-corrected chi connectivity index (χ0v) is 12.8. The molecule has 0 aliphatic carbocycles. The lowest BCUT2D eigenvalue weighted by Crippen LogP contribution is -2.13. The van der Waals surface area contributed by atoms with Crippen molar-refractivity contribution in [1.82, 2.24) is 0 Å². The minimum absolute atomic E-state index is 0.00331. The first-order valence-electron chi connectivity index (χ1n) is 6.25. The smallest absolute Gasteiger partial charge is 0.262 e. The van der Waals surface area contributed by atoms with Gasteiger partial charge >= 0.3 is 0 Å². The summed E-state index contributed by atoms with van der Waals surface area (Å²) in [5.41, 5.74) is 0.518. The summed E-state index contributed by atoms with van der Waals surface area (Å²) in [4.78, 5) is -0.00331. The average Bonchev–Trinajstić information content (AvgIpc) is 2.54. The van der Waals surface area contributed by atoms with E-state index in [1.54, 1.807) is 12.1 Å². The van der Waals surface area contributed by atoms with Gasteiger partial charge in [0.1, 0.15) is 11.5 Å². The Hall–Kier alpha value is -2.72. The second-order valence-electron chi connectivity index (χ2n) is 4.31. The molecule has 2 aromatic carbocycles. The van der Waals surface area contributed by atoms with Crippen LogP contribution >= 0.6 is 0 Å². The van der Waals surface area contributed by atoms with Gasteiger partial charge in [0.05, 0.1) is 36.4 Å². The predicted molar refractivity (Wildman–Crippen MR) is 81.5 cm³/mol. The second-order valence-corrected chi connectivity index (χ2v) is 5.99. The van der Waals surface area contributed by atoms with Crippen molar-refractivity contribution in [3.8, 4) is 17.6 Å². The Morgan fingerprint density at radius 2 is 1.86 bits per heavy atom. The minimum atomic E-state index is -3.84. The lowest BCUT2D eigenvalue weighted by Gasteiger charge is -2.13. The van der Waals surface area contributed by atoms with E-state index in [1.165, 1.54) is 44.6 Å². The van der Waals surface area contributed by atoms with Crippen LogP contribution in [-0.2, 0) is 10.0 Å². The minimum Gasteiger partial charge on any atom is -0.497 e. The number of hydrogen-bond acceptors (Lipinski definition) is 5. The highest BCUT2D eigenvalue weighted by Gasteiger charge is 2.17. The molecule has 0 fully saturated rings. The molecule has 0 saturated heterocycles. The van der Waals surface area contributed by atoms with Crippen LogP contribution in [-0.4, -0.2) is 22.6 Å². The largest absolute Gasteiger partial charge is 0.497 e. The highest BCUT2D eigenvalue weighted by Crippen LogP contribution is 2.30. The highest BCUT2D eigenvalue weighted by molar-refractivity contribution is 7.92. The Kier molecular flexibility index (Phi) is 4.53. The Labute approximate surface area is 129 Å². The molecule has 114 valence electrons. The van der Waals surface area contributed by atoms with Crippen LogP contribution in [0.25, 0.3) is 0 Å². The van der Waals surface area contributed by atoms with Crippen LogP contribution in [0.5, 0.6) is 11.5 Å². The number of ether oxygens (including phenoxy) is 2. The zero-order chi connectivity index (χ0) is 16.2. The molecule has 0 aromatic heterocycles. The normalized spacial score (nSPS) is 10.6. The summed E-state index contributed by atoms with van der Waals surface area (Å²) >= 11 is 0. The van der Waals surface area contributed by atoms with Crippen molar-refractivity contribution in [3.63, 3.8) is 0 Å². The molecule has 1 N–H and O–H groups in total. The molecule has 7 heteroatoms. The molecule has 0 saturated carbocycles. The Morgan fingerprint density at radius 1 is 1.09 bits per heavy atom. The number of sulfonamides is 1. The van der Waals surface area contributed by atoms with Gasteiger partial charge in [0.2, 0.25) is 0 Å². The lowest BCUT2D eigenvalue weighted by molar-refractivity contribution is 0.405. The molecule has 0 aliphatic heterocycles. The SMILES string of the molecule is COc1ccc(OC)c(NS(=O)(=O)c2cccc(C#N)c2)c1. The zero-order valence-electron chi connectivity index (χ0n) is 12.0. The third-order valence-electron chi connectivity index (χ3n) is 2.92. The van der Waals surface area contributed by atoms with Gasteiger partial charge in [0, 0.05) is 6.07 Å². The quantitative estimate of drug-likeness (QED) is 0.914. The van der Waals surface area contributed by atoms with Gasteiger partial charge in [-0.2, -0.15) is 5.26 Å². The van der Waals surface area contributed by atoms with Gasteiger partial charge < -0.3 is 9.47 Å². The van der Waals surface area contributed by atoms with Crippen molar-refractivity contribution in [3.05, 3.63) is 48.0 Å². The van der Waals surface area contributed by atoms with Crippen LogP contribution in [0.15, 0.2) is 47.4 Å². The van der Waals surface area contributed by atoms with Crippen molar-refractivity contribution < 1.29 is 17.9 Å². The van der Waals surface area contributed by atoms with Crippen molar-refractivity contribution in [2.45, 2.75) is 4.90 Å². The molecular weight excluding hydrogens is 304 g/mol. The van der Waals surface area contributed by atoms with E-state index in [2.05, 4.69) is 4.72 Å². The van der Waals surface area contributed by atoms with E-state index in [4.69, 9.17) is 14.7 Å². The Balaban J connectivity index is 2.42. The van der Waals surface area contributed by atoms with E-state index < -0.39 is 10.0 Å². The number of rotatable bonds is 5. The first-order chi connectivity index (χ1) is 10.5. The molecule has 0 amide bonds. The molecular formula is C15H14N2O4S. The molecule has 2 rings (SSSR count). The van der Waals surface area contributed by atoms with Gasteiger partial charge in [-0.15, -0.1) is 0 Å². The predicted octanol–water partition coefficient (Wildman–Crippen LogP) is 2.38. The summed E-state index contributed by atoms with van der Waals surface area (Å²) in [5, 5.41) is 8.87. The average molecular weight is 318 g/mol. The number of anilines is 1. The molecule has 0 heterocycles. The van der Waals surface area contributed by atoms with Crippen molar-refractivity contribution in [1.29, 1.82) is 5.26 Å². The molecule has 0 atom stereocenters. The van der Waals surface area contributed by atoms with Gasteiger partial charge in [-0.3, -0.25) is 4.72 Å². The first-order valence-corrected chi connectivity index (χ1v) is 7.73. The van der Waals surface area contributed by atoms with Crippen LogP contribution in [0, 0.1) is 11.3 Å². The molecule has 6 nitrogen and oxygen atoms in total. The molecule has 0 unspecified atom stereocenters. The molecule has 0 bridgehead atoms. The van der Waals surface area contributed by atoms with Crippen LogP contribution in [0.3, 0.4) is 0 Å². The van der Waals surface area contributed by atoms with Gasteiger partial charge in [0.15, 0.2) is 0 Å². The Bertz CT molecular complexity index is 826. The summed E-state index contributed by atoms with van der Waals surface area (Å²) in [6, 6.07) is 12.4. The van der Waals surface area contributed by atoms with E-state index >= 15 is 0 Å². The number of methoxy groups -OCH3 is 2. The fraction of sp³-hybridized carbons (Fsp3) is 0.133. The standard InChI is InChI=1S/C15H14N2O4S/c1-20-12-6-7-15(21-2)14(9-12)17-22(18,19)13-5-3-4-11(8-13)10-16/h3-9,17H,1-2H3. The summed E-state index contributed by atoms with van der Waals surface area (Å²) < 4.78 is 37.5. The van der Waals surface area contributed by atoms with Crippen LogP contribution in [0.4, 0.5) is 5.69 Å². The van der Waals surface area contributed by atoms with Crippen molar-refractivity contribution in [2.75, 3.05) is 18.9 Å². The fourth-order valence-corrected chi connectivity index (χ4v) is 2.94. The maximum Gasteiger partial charge on any atom is 0.262 e. The van der Waals surface area contributed by atoms with Gasteiger partial charge in [0.25, 0.3) is 10.0 Å². The monoisotopic (exact) mass is 318 g/mol. The maximum absolute atomic E-state index is 12.4. The number of nitrogens with one attached hydrogen (secondary N) is 1. The number of nitriles is 1. The van der Waals surface area contributed by atoms with Crippen molar-refractivity contribution >= 4 is 15.7 Å². The Morgan fingerprint density at radius 3 is 2.50 bits per heavy atom. The summed E-state index contributed by atoms with van der Waals surface area (Å²) in [5.74, 6) is 0.852. The summed E-state index contributed by atoms with van der Waals surface area (Å²) in [6.07, 6.45) is 0. The van der Waals surface area contributed by atoms with Crippen molar-refractivity contribution in [2.24, 2.45) is 0 Å². The summed E-state index contributed by atoms with van der Waals surface area (Å²) in [7, 11) is -0.917. The van der Waals surface area contributed by atoms with Crippen LogP contribution < -0.4 is 14.2 Å². The first kappa shape index (κ1) is 15.7. The van der Waals surface area contributed by atoms with Gasteiger partial charge in [-0.25, -0.2) is 8.42 Å². The highest BCUT2D eigenvalue weighted by atomic mass is 32.2. The maximum atomic E-state index is 12.4. The van der Waals surface area contributed by atoms with Crippen LogP contribution in [0.1, 0.15) is 5.56 Å². The van der Waals surface area contributed by atoms with Gasteiger partial charge in [-0.1, -0.05) is 6.07 Å². The van der Waals surface area contributed by atoms with Gasteiger partial charge in [-0.05, 0) is 30.3 Å². The molecule has 2 aromatic rings. The summed E-state index contributed by atoms with van der Waals surface area (Å²) in [6.45, 7) is 0. The third-order valence-corrected chi connectivity index (χ3v) is 4.29. The van der Waals surface area contributed by atoms with E-state index in [-0.39, 0.29) is 16.1 Å². The molecule has 0 aliphatic rings. The lowest BCUT2D eigenvalue weighted by atomic mass is 10.2.